The van der Waals surface area contributed by atoms with Crippen LogP contribution >= 0.6 is 0 Å². The van der Waals surface area contributed by atoms with E-state index in [-0.39, 0.29) is 12.2 Å². The van der Waals surface area contributed by atoms with Gasteiger partial charge in [0.25, 0.3) is 0 Å². The van der Waals surface area contributed by atoms with Crippen molar-refractivity contribution in [2.45, 2.75) is 18.8 Å². The fraction of sp³-hybridized carbons (Fsp3) is 0.176. The Bertz CT molecular complexity index is 801. The third kappa shape index (κ3) is 3.30. The number of rotatable bonds is 4. The third-order valence-electron chi connectivity index (χ3n) is 3.59. The van der Waals surface area contributed by atoms with E-state index >= 15 is 0 Å². The predicted octanol–water partition coefficient (Wildman–Crippen LogP) is 3.43. The highest BCUT2D eigenvalue weighted by atomic mass is 19.4. The molecule has 0 saturated carbocycles. The van der Waals surface area contributed by atoms with E-state index in [1.54, 1.807) is 54.6 Å². The molecule has 0 spiro atoms. The second kappa shape index (κ2) is 6.45. The van der Waals surface area contributed by atoms with Gasteiger partial charge in [0.15, 0.2) is 5.69 Å². The van der Waals surface area contributed by atoms with Gasteiger partial charge in [-0.25, -0.2) is 4.68 Å². The van der Waals surface area contributed by atoms with Crippen LogP contribution in [0.4, 0.5) is 13.2 Å². The monoisotopic (exact) mass is 333 g/mol. The Hall–Kier alpha value is -2.67. The lowest BCUT2D eigenvalue weighted by atomic mass is 10.0. The number of nitrogens with zero attached hydrogens (tertiary/aromatic N) is 3. The van der Waals surface area contributed by atoms with Crippen molar-refractivity contribution < 1.29 is 18.3 Å². The minimum absolute atomic E-state index is 0.0865. The first-order chi connectivity index (χ1) is 11.5. The molecule has 0 saturated heterocycles. The normalized spacial score (nSPS) is 13.0. The molecule has 124 valence electrons. The van der Waals surface area contributed by atoms with Gasteiger partial charge in [0.1, 0.15) is 11.8 Å². The molecule has 1 aromatic heterocycles. The molecule has 7 heteroatoms. The molecule has 0 aliphatic rings. The predicted molar refractivity (Wildman–Crippen MR) is 81.1 cm³/mol. The quantitative estimate of drug-likeness (QED) is 0.796. The summed E-state index contributed by atoms with van der Waals surface area (Å²) in [4.78, 5) is 0. The van der Waals surface area contributed by atoms with Crippen LogP contribution in [-0.2, 0) is 12.7 Å². The molecule has 1 unspecified atom stereocenters. The number of hydrogen-bond donors (Lipinski definition) is 1. The van der Waals surface area contributed by atoms with Gasteiger partial charge in [-0.05, 0) is 11.1 Å². The Morgan fingerprint density at radius 2 is 1.54 bits per heavy atom. The largest absolute Gasteiger partial charge is 0.437 e. The molecule has 1 atom stereocenters. The Balaban J connectivity index is 2.05. The number of benzene rings is 2. The maximum Gasteiger partial charge on any atom is 0.437 e. The standard InChI is InChI=1S/C17H14F3N3O/c18-17(19,20)16-14(15(24)13-9-5-2-6-10-13)23(22-21-16)11-12-7-3-1-4-8-12/h1-10,15,24H,11H2. The zero-order valence-corrected chi connectivity index (χ0v) is 12.5. The molecular weight excluding hydrogens is 319 g/mol. The zero-order valence-electron chi connectivity index (χ0n) is 12.5. The van der Waals surface area contributed by atoms with Crippen LogP contribution in [0, 0.1) is 0 Å². The average molecular weight is 333 g/mol. The van der Waals surface area contributed by atoms with Crippen molar-refractivity contribution in [3.63, 3.8) is 0 Å². The van der Waals surface area contributed by atoms with Crippen molar-refractivity contribution in [1.29, 1.82) is 0 Å². The van der Waals surface area contributed by atoms with Crippen LogP contribution < -0.4 is 0 Å². The van der Waals surface area contributed by atoms with Gasteiger partial charge >= 0.3 is 6.18 Å². The number of aliphatic hydroxyl groups is 1. The second-order valence-corrected chi connectivity index (χ2v) is 5.28. The molecule has 1 N–H and O–H groups in total. The summed E-state index contributed by atoms with van der Waals surface area (Å²) in [6.45, 7) is 0.0865. The number of hydrogen-bond acceptors (Lipinski definition) is 3. The zero-order chi connectivity index (χ0) is 17.2. The van der Waals surface area contributed by atoms with E-state index in [9.17, 15) is 18.3 Å². The number of aromatic nitrogens is 3. The molecule has 3 rings (SSSR count). The molecule has 1 heterocycles. The minimum atomic E-state index is -4.69. The van der Waals surface area contributed by atoms with Gasteiger partial charge in [-0.2, -0.15) is 13.2 Å². The van der Waals surface area contributed by atoms with Crippen LogP contribution in [0.25, 0.3) is 0 Å². The summed E-state index contributed by atoms with van der Waals surface area (Å²) in [6, 6.07) is 17.1. The summed E-state index contributed by atoms with van der Waals surface area (Å²) in [5.41, 5.74) is -0.426. The summed E-state index contributed by atoms with van der Waals surface area (Å²) in [5, 5.41) is 17.4. The van der Waals surface area contributed by atoms with E-state index in [1.807, 2.05) is 6.07 Å². The molecule has 24 heavy (non-hydrogen) atoms. The van der Waals surface area contributed by atoms with E-state index in [4.69, 9.17) is 0 Å². The Morgan fingerprint density at radius 3 is 2.12 bits per heavy atom. The van der Waals surface area contributed by atoms with Crippen LogP contribution in [0.3, 0.4) is 0 Å². The van der Waals surface area contributed by atoms with E-state index in [2.05, 4.69) is 10.3 Å². The summed E-state index contributed by atoms with van der Waals surface area (Å²) >= 11 is 0. The van der Waals surface area contributed by atoms with Crippen LogP contribution in [0.5, 0.6) is 0 Å². The molecule has 0 amide bonds. The minimum Gasteiger partial charge on any atom is -0.382 e. The summed E-state index contributed by atoms with van der Waals surface area (Å²) in [7, 11) is 0. The van der Waals surface area contributed by atoms with Crippen LogP contribution in [0.2, 0.25) is 0 Å². The molecular formula is C17H14F3N3O. The van der Waals surface area contributed by atoms with Gasteiger partial charge in [0.2, 0.25) is 0 Å². The lowest BCUT2D eigenvalue weighted by Gasteiger charge is -2.16. The van der Waals surface area contributed by atoms with Crippen molar-refractivity contribution >= 4 is 0 Å². The van der Waals surface area contributed by atoms with Crippen molar-refractivity contribution in [3.05, 3.63) is 83.2 Å². The molecule has 0 aliphatic heterocycles. The summed E-state index contributed by atoms with van der Waals surface area (Å²) in [5.74, 6) is 0. The Kier molecular flexibility index (Phi) is 4.35. The maximum absolute atomic E-state index is 13.2. The van der Waals surface area contributed by atoms with Gasteiger partial charge in [0, 0.05) is 0 Å². The van der Waals surface area contributed by atoms with Crippen molar-refractivity contribution in [1.82, 2.24) is 15.0 Å². The second-order valence-electron chi connectivity index (χ2n) is 5.28. The highest BCUT2D eigenvalue weighted by Gasteiger charge is 2.40. The van der Waals surface area contributed by atoms with Gasteiger partial charge in [-0.1, -0.05) is 65.9 Å². The van der Waals surface area contributed by atoms with Crippen LogP contribution in [0.15, 0.2) is 60.7 Å². The Morgan fingerprint density at radius 1 is 0.958 bits per heavy atom. The first kappa shape index (κ1) is 16.2. The van der Waals surface area contributed by atoms with Gasteiger partial charge in [0.05, 0.1) is 6.54 Å². The van der Waals surface area contributed by atoms with Crippen molar-refractivity contribution in [2.75, 3.05) is 0 Å². The molecule has 3 aromatic rings. The van der Waals surface area contributed by atoms with E-state index in [0.717, 1.165) is 10.2 Å². The first-order valence-electron chi connectivity index (χ1n) is 7.24. The molecule has 2 aromatic carbocycles. The van der Waals surface area contributed by atoms with Crippen molar-refractivity contribution in [3.8, 4) is 0 Å². The fourth-order valence-electron chi connectivity index (χ4n) is 2.46. The Labute approximate surface area is 136 Å². The van der Waals surface area contributed by atoms with Crippen molar-refractivity contribution in [2.24, 2.45) is 0 Å². The summed E-state index contributed by atoms with van der Waals surface area (Å²) in [6.07, 6.45) is -6.17. The van der Waals surface area contributed by atoms with Crippen LogP contribution in [-0.4, -0.2) is 20.1 Å². The maximum atomic E-state index is 13.2. The van der Waals surface area contributed by atoms with Crippen LogP contribution in [0.1, 0.15) is 28.6 Å². The molecule has 0 radical (unpaired) electrons. The molecule has 4 nitrogen and oxygen atoms in total. The van der Waals surface area contributed by atoms with E-state index in [1.165, 1.54) is 0 Å². The van der Waals surface area contributed by atoms with E-state index in [0.29, 0.717) is 5.56 Å². The van der Waals surface area contributed by atoms with Gasteiger partial charge < -0.3 is 5.11 Å². The lowest BCUT2D eigenvalue weighted by molar-refractivity contribution is -0.142. The topological polar surface area (TPSA) is 50.9 Å². The molecule has 0 fully saturated rings. The highest BCUT2D eigenvalue weighted by Crippen LogP contribution is 2.35. The number of alkyl halides is 3. The van der Waals surface area contributed by atoms with E-state index < -0.39 is 18.0 Å². The number of halogens is 3. The highest BCUT2D eigenvalue weighted by molar-refractivity contribution is 5.30. The third-order valence-corrected chi connectivity index (χ3v) is 3.59. The summed E-state index contributed by atoms with van der Waals surface area (Å²) < 4.78 is 40.8. The molecule has 0 aliphatic carbocycles. The van der Waals surface area contributed by atoms with Gasteiger partial charge in [-0.15, -0.1) is 5.10 Å². The van der Waals surface area contributed by atoms with Gasteiger partial charge in [-0.3, -0.25) is 0 Å². The lowest BCUT2D eigenvalue weighted by Crippen LogP contribution is -2.17. The SMILES string of the molecule is OC(c1ccccc1)c1c(C(F)(F)F)nnn1Cc1ccccc1. The number of aliphatic hydroxyl groups excluding tert-OH is 1. The smallest absolute Gasteiger partial charge is 0.382 e. The molecule has 0 bridgehead atoms. The average Bonchev–Trinajstić information content (AvgIpc) is 3.00. The fourth-order valence-corrected chi connectivity index (χ4v) is 2.46. The first-order valence-corrected chi connectivity index (χ1v) is 7.24.